The van der Waals surface area contributed by atoms with Gasteiger partial charge in [-0.3, -0.25) is 9.59 Å². The standard InChI is InChI=1S/C29H29NO8/c1-3-4-11-36-21-9-7-18(15-23(21)34-2)26-25(28(32)29(33)30(26)17-20-6-5-12-35-20)27(31)19-8-10-22-24(16-19)38-14-13-37-22/h5-10,12,15-16,26,31H,3-4,11,13-14,17H2,1-2H3/b27-25+. The van der Waals surface area contributed by atoms with Crippen molar-refractivity contribution in [3.05, 3.63) is 77.3 Å². The van der Waals surface area contributed by atoms with Gasteiger partial charge in [-0.25, -0.2) is 0 Å². The van der Waals surface area contributed by atoms with E-state index in [4.69, 9.17) is 23.4 Å². The molecule has 3 aromatic rings. The number of furan rings is 1. The zero-order chi connectivity index (χ0) is 26.6. The molecule has 5 rings (SSSR count). The molecular formula is C29H29NO8. The lowest BCUT2D eigenvalue weighted by molar-refractivity contribution is -0.140. The second-order valence-corrected chi connectivity index (χ2v) is 8.98. The molecule has 1 fully saturated rings. The molecule has 3 heterocycles. The lowest BCUT2D eigenvalue weighted by Gasteiger charge is -2.25. The molecule has 1 amide bonds. The van der Waals surface area contributed by atoms with Gasteiger partial charge >= 0.3 is 0 Å². The first-order chi connectivity index (χ1) is 18.5. The summed E-state index contributed by atoms with van der Waals surface area (Å²) in [6, 6.07) is 12.7. The van der Waals surface area contributed by atoms with E-state index in [2.05, 4.69) is 6.92 Å². The number of carbonyl (C=O) groups is 2. The monoisotopic (exact) mass is 519 g/mol. The quantitative estimate of drug-likeness (QED) is 0.185. The number of methoxy groups -OCH3 is 1. The maximum atomic E-state index is 13.4. The number of hydrogen-bond acceptors (Lipinski definition) is 8. The molecule has 2 aliphatic heterocycles. The molecule has 1 aromatic heterocycles. The number of aliphatic hydroxyl groups is 1. The normalized spacial score (nSPS) is 18.1. The molecule has 0 spiro atoms. The zero-order valence-electron chi connectivity index (χ0n) is 21.3. The summed E-state index contributed by atoms with van der Waals surface area (Å²) in [5.74, 6) is 0.671. The Kier molecular flexibility index (Phi) is 7.26. The van der Waals surface area contributed by atoms with Gasteiger partial charge in [0.25, 0.3) is 11.7 Å². The third-order valence-corrected chi connectivity index (χ3v) is 6.52. The first-order valence-electron chi connectivity index (χ1n) is 12.5. The first-order valence-corrected chi connectivity index (χ1v) is 12.5. The van der Waals surface area contributed by atoms with Crippen LogP contribution >= 0.6 is 0 Å². The molecule has 1 atom stereocenters. The van der Waals surface area contributed by atoms with Crippen LogP contribution in [-0.4, -0.2) is 48.6 Å². The van der Waals surface area contributed by atoms with Gasteiger partial charge in [0.05, 0.1) is 38.1 Å². The van der Waals surface area contributed by atoms with Gasteiger partial charge in [0.1, 0.15) is 24.7 Å². The minimum absolute atomic E-state index is 0.0389. The number of rotatable bonds is 9. The Hall–Kier alpha value is -4.40. The van der Waals surface area contributed by atoms with Crippen LogP contribution in [0.15, 0.2) is 64.8 Å². The summed E-state index contributed by atoms with van der Waals surface area (Å²) in [4.78, 5) is 28.0. The predicted molar refractivity (Wildman–Crippen MR) is 137 cm³/mol. The molecule has 38 heavy (non-hydrogen) atoms. The highest BCUT2D eigenvalue weighted by molar-refractivity contribution is 6.46. The van der Waals surface area contributed by atoms with Crippen molar-refractivity contribution in [3.8, 4) is 23.0 Å². The molecule has 1 unspecified atom stereocenters. The van der Waals surface area contributed by atoms with Crippen molar-refractivity contribution < 1.29 is 38.1 Å². The fourth-order valence-electron chi connectivity index (χ4n) is 4.61. The van der Waals surface area contributed by atoms with Gasteiger partial charge in [-0.05, 0) is 54.4 Å². The Balaban J connectivity index is 1.60. The Morgan fingerprint density at radius 1 is 1.05 bits per heavy atom. The van der Waals surface area contributed by atoms with Crippen molar-refractivity contribution in [3.63, 3.8) is 0 Å². The Morgan fingerprint density at radius 2 is 1.87 bits per heavy atom. The van der Waals surface area contributed by atoms with Gasteiger partial charge in [0, 0.05) is 5.56 Å². The van der Waals surface area contributed by atoms with Crippen LogP contribution in [0.25, 0.3) is 5.76 Å². The zero-order valence-corrected chi connectivity index (χ0v) is 21.3. The number of Topliss-reactive ketones (excluding diaryl/α,β-unsaturated/α-hetero) is 1. The SMILES string of the molecule is CCCCOc1ccc(C2/C(=C(\O)c3ccc4c(c3)OCCO4)C(=O)C(=O)N2Cc2ccco2)cc1OC. The number of fused-ring (bicyclic) bond motifs is 1. The lowest BCUT2D eigenvalue weighted by Crippen LogP contribution is -2.29. The summed E-state index contributed by atoms with van der Waals surface area (Å²) in [5, 5.41) is 11.4. The number of carbonyl (C=O) groups excluding carboxylic acids is 2. The highest BCUT2D eigenvalue weighted by Crippen LogP contribution is 2.43. The van der Waals surface area contributed by atoms with Crippen LogP contribution in [0.2, 0.25) is 0 Å². The third-order valence-electron chi connectivity index (χ3n) is 6.52. The molecular weight excluding hydrogens is 490 g/mol. The molecule has 0 bridgehead atoms. The Morgan fingerprint density at radius 3 is 2.61 bits per heavy atom. The molecule has 0 radical (unpaired) electrons. The fraction of sp³-hybridized carbons (Fsp3) is 0.310. The van der Waals surface area contributed by atoms with E-state index in [0.717, 1.165) is 12.8 Å². The van der Waals surface area contributed by atoms with Crippen molar-refractivity contribution in [2.24, 2.45) is 0 Å². The maximum Gasteiger partial charge on any atom is 0.296 e. The number of benzene rings is 2. The number of amides is 1. The van der Waals surface area contributed by atoms with E-state index in [-0.39, 0.29) is 17.9 Å². The number of ether oxygens (including phenoxy) is 4. The van der Waals surface area contributed by atoms with Crippen LogP contribution in [0, 0.1) is 0 Å². The largest absolute Gasteiger partial charge is 0.507 e. The minimum atomic E-state index is -0.896. The molecule has 1 saturated heterocycles. The Labute approximate surface area is 220 Å². The average molecular weight is 520 g/mol. The molecule has 1 N–H and O–H groups in total. The van der Waals surface area contributed by atoms with Crippen molar-refractivity contribution in [2.75, 3.05) is 26.9 Å². The van der Waals surface area contributed by atoms with Gasteiger partial charge in [-0.15, -0.1) is 0 Å². The van der Waals surface area contributed by atoms with Gasteiger partial charge in [-0.2, -0.15) is 0 Å². The van der Waals surface area contributed by atoms with Gasteiger partial charge in [-0.1, -0.05) is 19.4 Å². The summed E-state index contributed by atoms with van der Waals surface area (Å²) in [6.07, 6.45) is 3.38. The Bertz CT molecular complexity index is 1360. The van der Waals surface area contributed by atoms with Crippen LogP contribution in [0.3, 0.4) is 0 Å². The maximum absolute atomic E-state index is 13.4. The van der Waals surface area contributed by atoms with Gasteiger partial charge < -0.3 is 33.4 Å². The van der Waals surface area contributed by atoms with Crippen LogP contribution in [0.4, 0.5) is 0 Å². The lowest BCUT2D eigenvalue weighted by atomic mass is 9.94. The van der Waals surface area contributed by atoms with Crippen LogP contribution in [-0.2, 0) is 16.1 Å². The average Bonchev–Trinajstić information content (AvgIpc) is 3.55. The number of ketones is 1. The fourth-order valence-corrected chi connectivity index (χ4v) is 4.61. The summed E-state index contributed by atoms with van der Waals surface area (Å²) < 4.78 is 28.1. The van der Waals surface area contributed by atoms with Crippen molar-refractivity contribution in [2.45, 2.75) is 32.4 Å². The molecule has 9 nitrogen and oxygen atoms in total. The number of likely N-dealkylation sites (tertiary alicyclic amines) is 1. The van der Waals surface area contributed by atoms with Gasteiger partial charge in [0.15, 0.2) is 23.0 Å². The van der Waals surface area contributed by atoms with E-state index in [9.17, 15) is 14.7 Å². The van der Waals surface area contributed by atoms with Crippen molar-refractivity contribution in [1.82, 2.24) is 4.90 Å². The summed E-state index contributed by atoms with van der Waals surface area (Å²) in [6.45, 7) is 3.45. The van der Waals surface area contributed by atoms with E-state index in [1.165, 1.54) is 18.3 Å². The molecule has 2 aromatic carbocycles. The second-order valence-electron chi connectivity index (χ2n) is 8.98. The van der Waals surface area contributed by atoms with Gasteiger partial charge in [0.2, 0.25) is 0 Å². The summed E-state index contributed by atoms with van der Waals surface area (Å²) >= 11 is 0. The molecule has 9 heteroatoms. The molecule has 198 valence electrons. The number of aliphatic hydroxyl groups excluding tert-OH is 1. The molecule has 2 aliphatic rings. The van der Waals surface area contributed by atoms with Crippen molar-refractivity contribution >= 4 is 17.4 Å². The van der Waals surface area contributed by atoms with Crippen LogP contribution in [0.1, 0.15) is 42.7 Å². The topological polar surface area (TPSA) is 108 Å². The van der Waals surface area contributed by atoms with Crippen molar-refractivity contribution in [1.29, 1.82) is 0 Å². The third kappa shape index (κ3) is 4.79. The summed E-state index contributed by atoms with van der Waals surface area (Å²) in [5.41, 5.74) is 0.871. The van der Waals surface area contributed by atoms with Crippen LogP contribution < -0.4 is 18.9 Å². The second kappa shape index (κ2) is 10.9. The van der Waals surface area contributed by atoms with E-state index in [1.54, 1.807) is 48.5 Å². The minimum Gasteiger partial charge on any atom is -0.507 e. The number of nitrogens with zero attached hydrogens (tertiary/aromatic N) is 1. The first kappa shape index (κ1) is 25.3. The van der Waals surface area contributed by atoms with Crippen LogP contribution in [0.5, 0.6) is 23.0 Å². The highest BCUT2D eigenvalue weighted by Gasteiger charge is 2.46. The molecule has 0 aliphatic carbocycles. The highest BCUT2D eigenvalue weighted by atomic mass is 16.6. The van der Waals surface area contributed by atoms with E-state index in [0.29, 0.717) is 59.7 Å². The van der Waals surface area contributed by atoms with E-state index in [1.807, 2.05) is 0 Å². The smallest absolute Gasteiger partial charge is 0.296 e. The number of unbranched alkanes of at least 4 members (excludes halogenated alkanes) is 1. The van der Waals surface area contributed by atoms with E-state index >= 15 is 0 Å². The molecule has 0 saturated carbocycles. The summed E-state index contributed by atoms with van der Waals surface area (Å²) in [7, 11) is 1.53. The van der Waals surface area contributed by atoms with E-state index < -0.39 is 17.7 Å². The number of hydrogen-bond donors (Lipinski definition) is 1. The predicted octanol–water partition coefficient (Wildman–Crippen LogP) is 4.86.